The Morgan fingerprint density at radius 3 is 2.44 bits per heavy atom. The van der Waals surface area contributed by atoms with Gasteiger partial charge in [-0.3, -0.25) is 0 Å². The lowest BCUT2D eigenvalue weighted by molar-refractivity contribution is 0.0812. The molecule has 0 spiro atoms. The quantitative estimate of drug-likeness (QED) is 0.653. The SMILES string of the molecule is CC=CC1(O)C/C=C/CCCCCCCC1. The van der Waals surface area contributed by atoms with Crippen molar-refractivity contribution in [2.45, 2.75) is 70.3 Å². The molecule has 0 saturated carbocycles. The van der Waals surface area contributed by atoms with E-state index in [4.69, 9.17) is 0 Å². The van der Waals surface area contributed by atoms with E-state index in [1.165, 1.54) is 38.5 Å². The molecule has 0 radical (unpaired) electrons. The van der Waals surface area contributed by atoms with Crippen molar-refractivity contribution in [2.75, 3.05) is 0 Å². The fourth-order valence-electron chi connectivity index (χ4n) is 2.37. The number of rotatable bonds is 1. The molecule has 16 heavy (non-hydrogen) atoms. The zero-order valence-corrected chi connectivity index (χ0v) is 10.6. The minimum atomic E-state index is -0.593. The second-order valence-electron chi connectivity index (χ2n) is 4.94. The van der Waals surface area contributed by atoms with E-state index < -0.39 is 5.60 Å². The van der Waals surface area contributed by atoms with E-state index >= 15 is 0 Å². The van der Waals surface area contributed by atoms with E-state index in [1.54, 1.807) is 0 Å². The lowest BCUT2D eigenvalue weighted by Crippen LogP contribution is -2.24. The number of allylic oxidation sites excluding steroid dienone is 2. The molecule has 1 rings (SSSR count). The summed E-state index contributed by atoms with van der Waals surface area (Å²) in [6, 6.07) is 0. The molecule has 0 aromatic carbocycles. The third kappa shape index (κ3) is 5.50. The van der Waals surface area contributed by atoms with Crippen LogP contribution < -0.4 is 0 Å². The van der Waals surface area contributed by atoms with Gasteiger partial charge in [0.25, 0.3) is 0 Å². The van der Waals surface area contributed by atoms with Gasteiger partial charge in [0, 0.05) is 0 Å². The normalized spacial score (nSPS) is 31.9. The summed E-state index contributed by atoms with van der Waals surface area (Å²) in [5.74, 6) is 0. The average molecular weight is 222 g/mol. The zero-order valence-electron chi connectivity index (χ0n) is 10.6. The summed E-state index contributed by atoms with van der Waals surface area (Å²) in [4.78, 5) is 0. The van der Waals surface area contributed by atoms with Crippen molar-refractivity contribution in [1.82, 2.24) is 0 Å². The van der Waals surface area contributed by atoms with Crippen LogP contribution in [0.4, 0.5) is 0 Å². The van der Waals surface area contributed by atoms with Crippen molar-refractivity contribution >= 4 is 0 Å². The van der Waals surface area contributed by atoms with Crippen molar-refractivity contribution in [3.05, 3.63) is 24.3 Å². The molecule has 1 aliphatic rings. The first kappa shape index (κ1) is 13.5. The molecule has 1 atom stereocenters. The molecule has 0 fully saturated rings. The molecule has 0 heterocycles. The second kappa shape index (κ2) is 7.67. The van der Waals surface area contributed by atoms with Crippen LogP contribution in [0.3, 0.4) is 0 Å². The van der Waals surface area contributed by atoms with Crippen LogP contribution in [0, 0.1) is 0 Å². The van der Waals surface area contributed by atoms with Gasteiger partial charge in [0.15, 0.2) is 0 Å². The summed E-state index contributed by atoms with van der Waals surface area (Å²) in [6.45, 7) is 1.98. The van der Waals surface area contributed by atoms with Gasteiger partial charge >= 0.3 is 0 Å². The molecular weight excluding hydrogens is 196 g/mol. The third-order valence-corrected chi connectivity index (χ3v) is 3.35. The van der Waals surface area contributed by atoms with Gasteiger partial charge in [-0.05, 0) is 32.6 Å². The molecule has 0 saturated heterocycles. The van der Waals surface area contributed by atoms with Gasteiger partial charge in [0.2, 0.25) is 0 Å². The van der Waals surface area contributed by atoms with Crippen LogP contribution in [-0.4, -0.2) is 10.7 Å². The maximum absolute atomic E-state index is 10.4. The first-order chi connectivity index (χ1) is 7.77. The summed E-state index contributed by atoms with van der Waals surface area (Å²) < 4.78 is 0. The molecule has 0 aromatic rings. The highest BCUT2D eigenvalue weighted by molar-refractivity contribution is 5.04. The van der Waals surface area contributed by atoms with E-state index in [-0.39, 0.29) is 0 Å². The summed E-state index contributed by atoms with van der Waals surface area (Å²) in [7, 11) is 0. The molecule has 0 aliphatic heterocycles. The van der Waals surface area contributed by atoms with E-state index in [0.717, 1.165) is 19.3 Å². The second-order valence-corrected chi connectivity index (χ2v) is 4.94. The van der Waals surface area contributed by atoms with Crippen LogP contribution in [0.5, 0.6) is 0 Å². The van der Waals surface area contributed by atoms with Gasteiger partial charge in [0.1, 0.15) is 0 Å². The van der Waals surface area contributed by atoms with Crippen LogP contribution in [0.1, 0.15) is 64.7 Å². The minimum absolute atomic E-state index is 0.593. The number of hydrogen-bond acceptors (Lipinski definition) is 1. The Labute approximate surface area is 100 Å². The van der Waals surface area contributed by atoms with Crippen molar-refractivity contribution in [3.8, 4) is 0 Å². The Hall–Kier alpha value is -0.560. The molecule has 92 valence electrons. The fourth-order valence-corrected chi connectivity index (χ4v) is 2.37. The highest BCUT2D eigenvalue weighted by atomic mass is 16.3. The van der Waals surface area contributed by atoms with E-state index in [0.29, 0.717) is 0 Å². The predicted molar refractivity (Wildman–Crippen MR) is 70.5 cm³/mol. The maximum atomic E-state index is 10.4. The smallest absolute Gasteiger partial charge is 0.0861 e. The summed E-state index contributed by atoms with van der Waals surface area (Å²) >= 11 is 0. The Balaban J connectivity index is 2.52. The fraction of sp³-hybridized carbons (Fsp3) is 0.733. The molecule has 0 amide bonds. The van der Waals surface area contributed by atoms with E-state index in [9.17, 15) is 5.11 Å². The molecule has 1 heteroatoms. The van der Waals surface area contributed by atoms with Crippen LogP contribution in [0.2, 0.25) is 0 Å². The lowest BCUT2D eigenvalue weighted by Gasteiger charge is -2.23. The molecule has 1 nitrogen and oxygen atoms in total. The maximum Gasteiger partial charge on any atom is 0.0861 e. The molecular formula is C15H26O. The Morgan fingerprint density at radius 1 is 1.00 bits per heavy atom. The summed E-state index contributed by atoms with van der Waals surface area (Å²) in [6.07, 6.45) is 18.9. The van der Waals surface area contributed by atoms with Gasteiger partial charge in [-0.2, -0.15) is 0 Å². The highest BCUT2D eigenvalue weighted by Gasteiger charge is 2.20. The van der Waals surface area contributed by atoms with Gasteiger partial charge in [-0.25, -0.2) is 0 Å². The summed E-state index contributed by atoms with van der Waals surface area (Å²) in [5.41, 5.74) is -0.593. The molecule has 1 N–H and O–H groups in total. The highest BCUT2D eigenvalue weighted by Crippen LogP contribution is 2.23. The van der Waals surface area contributed by atoms with Crippen molar-refractivity contribution in [3.63, 3.8) is 0 Å². The molecule has 0 aromatic heterocycles. The van der Waals surface area contributed by atoms with Gasteiger partial charge < -0.3 is 5.11 Å². The van der Waals surface area contributed by atoms with Crippen LogP contribution in [-0.2, 0) is 0 Å². The molecule has 1 unspecified atom stereocenters. The van der Waals surface area contributed by atoms with Crippen LogP contribution >= 0.6 is 0 Å². The van der Waals surface area contributed by atoms with Crippen molar-refractivity contribution in [2.24, 2.45) is 0 Å². The number of hydrogen-bond donors (Lipinski definition) is 1. The van der Waals surface area contributed by atoms with Crippen molar-refractivity contribution in [1.29, 1.82) is 0 Å². The molecule has 1 aliphatic carbocycles. The lowest BCUT2D eigenvalue weighted by atomic mass is 9.91. The third-order valence-electron chi connectivity index (χ3n) is 3.35. The Bertz CT molecular complexity index is 230. The van der Waals surface area contributed by atoms with Crippen molar-refractivity contribution < 1.29 is 5.11 Å². The minimum Gasteiger partial charge on any atom is -0.385 e. The Kier molecular flexibility index (Phi) is 6.47. The van der Waals surface area contributed by atoms with Gasteiger partial charge in [0.05, 0.1) is 5.60 Å². The topological polar surface area (TPSA) is 20.2 Å². The predicted octanol–water partition coefficient (Wildman–Crippen LogP) is 4.37. The summed E-state index contributed by atoms with van der Waals surface area (Å²) in [5, 5.41) is 10.4. The molecule has 0 bridgehead atoms. The number of aliphatic hydroxyl groups is 1. The Morgan fingerprint density at radius 2 is 1.69 bits per heavy atom. The van der Waals surface area contributed by atoms with Gasteiger partial charge in [-0.15, -0.1) is 0 Å². The standard InChI is InChI=1S/C15H26O/c1-2-12-15(16)13-10-8-6-4-3-5-7-9-11-14-15/h2,8,10,12,16H,3-7,9,11,13-14H2,1H3/b10-8+,12-2?. The van der Waals surface area contributed by atoms with Crippen LogP contribution in [0.25, 0.3) is 0 Å². The van der Waals surface area contributed by atoms with E-state index in [1.807, 2.05) is 19.1 Å². The average Bonchev–Trinajstić information content (AvgIpc) is 2.24. The monoisotopic (exact) mass is 222 g/mol. The first-order valence-electron chi connectivity index (χ1n) is 6.78. The van der Waals surface area contributed by atoms with E-state index in [2.05, 4.69) is 12.2 Å². The van der Waals surface area contributed by atoms with Crippen LogP contribution in [0.15, 0.2) is 24.3 Å². The largest absolute Gasteiger partial charge is 0.385 e. The zero-order chi connectivity index (χ0) is 11.7. The first-order valence-corrected chi connectivity index (χ1v) is 6.78. The van der Waals surface area contributed by atoms with Gasteiger partial charge in [-0.1, -0.05) is 56.4 Å².